The lowest BCUT2D eigenvalue weighted by Gasteiger charge is -2.08. The zero-order valence-corrected chi connectivity index (χ0v) is 10.7. The zero-order valence-electron chi connectivity index (χ0n) is 10.7. The van der Waals surface area contributed by atoms with Crippen molar-refractivity contribution >= 4 is 11.7 Å². The molecular formula is C11H18N4O2. The Hall–Kier alpha value is -1.72. The minimum Gasteiger partial charge on any atom is -0.426 e. The van der Waals surface area contributed by atoms with Crippen LogP contribution < -0.4 is 0 Å². The Labute approximate surface area is 101 Å². The summed E-state index contributed by atoms with van der Waals surface area (Å²) in [6.07, 6.45) is 1.67. The van der Waals surface area contributed by atoms with E-state index in [9.17, 15) is 4.79 Å². The van der Waals surface area contributed by atoms with Gasteiger partial charge in [-0.1, -0.05) is 13.8 Å². The third kappa shape index (κ3) is 3.65. The van der Waals surface area contributed by atoms with Crippen LogP contribution in [0.3, 0.4) is 0 Å². The Kier molecular flexibility index (Phi) is 4.81. The number of aryl methyl sites for hydroxylation is 2. The minimum atomic E-state index is 0.104. The van der Waals surface area contributed by atoms with E-state index in [1.165, 1.54) is 0 Å². The van der Waals surface area contributed by atoms with Gasteiger partial charge < -0.3 is 9.32 Å². The summed E-state index contributed by atoms with van der Waals surface area (Å²) in [5, 5.41) is 7.39. The molecular weight excluding hydrogens is 220 g/mol. The van der Waals surface area contributed by atoms with Crippen LogP contribution in [0.4, 0.5) is 0 Å². The average Bonchev–Trinajstić information content (AvgIpc) is 2.88. The number of hydrogen-bond donors (Lipinski definition) is 0. The van der Waals surface area contributed by atoms with Crippen molar-refractivity contribution in [2.24, 2.45) is 4.99 Å². The molecule has 2 heterocycles. The number of nitrogens with zero attached hydrogens (tertiary/aromatic N) is 4. The van der Waals surface area contributed by atoms with Crippen molar-refractivity contribution in [3.05, 3.63) is 11.8 Å². The molecule has 0 saturated carbocycles. The Morgan fingerprint density at radius 2 is 2.00 bits per heavy atom. The monoisotopic (exact) mass is 238 g/mol. The molecule has 1 aromatic rings. The molecule has 1 aliphatic rings. The number of likely N-dealkylation sites (N-methyl/N-ethyl adjacent to an activating group) is 1. The van der Waals surface area contributed by atoms with Crippen LogP contribution in [0.2, 0.25) is 0 Å². The number of aromatic nitrogens is 2. The lowest BCUT2D eigenvalue weighted by molar-refractivity contribution is -0.123. The maximum Gasteiger partial charge on any atom is 0.249 e. The van der Waals surface area contributed by atoms with Crippen molar-refractivity contribution in [2.45, 2.75) is 33.6 Å². The molecule has 6 nitrogen and oxygen atoms in total. The number of hydrogen-bond acceptors (Lipinski definition) is 5. The molecule has 1 aliphatic heterocycles. The molecule has 0 saturated heterocycles. The highest BCUT2D eigenvalue weighted by molar-refractivity contribution is 6.03. The standard InChI is InChI=1S/C6H10N2O.C5H8N2O/c1-3-5-7-4-6(9)8(5)2;1-3-5-7-6-4(2)8-5/h3-4H2,1-2H3;3H2,1-2H3. The summed E-state index contributed by atoms with van der Waals surface area (Å²) >= 11 is 0. The second kappa shape index (κ2) is 6.12. The molecule has 2 rings (SSSR count). The Morgan fingerprint density at radius 1 is 1.29 bits per heavy atom. The Balaban J connectivity index is 0.000000171. The summed E-state index contributed by atoms with van der Waals surface area (Å²) < 4.78 is 5.01. The Bertz CT molecular complexity index is 411. The number of amidine groups is 1. The van der Waals surface area contributed by atoms with Gasteiger partial charge in [0.05, 0.1) is 0 Å². The Morgan fingerprint density at radius 3 is 2.24 bits per heavy atom. The topological polar surface area (TPSA) is 71.6 Å². The first-order valence-electron chi connectivity index (χ1n) is 5.67. The van der Waals surface area contributed by atoms with Gasteiger partial charge in [-0.15, -0.1) is 10.2 Å². The summed E-state index contributed by atoms with van der Waals surface area (Å²) in [7, 11) is 1.76. The zero-order chi connectivity index (χ0) is 12.8. The minimum absolute atomic E-state index is 0.104. The maximum absolute atomic E-state index is 10.8. The van der Waals surface area contributed by atoms with Gasteiger partial charge >= 0.3 is 0 Å². The van der Waals surface area contributed by atoms with Crippen molar-refractivity contribution in [1.29, 1.82) is 0 Å². The van der Waals surface area contributed by atoms with Crippen LogP contribution in [0.5, 0.6) is 0 Å². The molecule has 0 aliphatic carbocycles. The van der Waals surface area contributed by atoms with Gasteiger partial charge in [-0.3, -0.25) is 9.79 Å². The molecule has 6 heteroatoms. The van der Waals surface area contributed by atoms with Crippen LogP contribution in [-0.4, -0.2) is 40.4 Å². The summed E-state index contributed by atoms with van der Waals surface area (Å²) in [6, 6.07) is 0. The summed E-state index contributed by atoms with van der Waals surface area (Å²) in [6.45, 7) is 6.10. The predicted molar refractivity (Wildman–Crippen MR) is 63.8 cm³/mol. The van der Waals surface area contributed by atoms with Crippen molar-refractivity contribution in [3.8, 4) is 0 Å². The van der Waals surface area contributed by atoms with E-state index < -0.39 is 0 Å². The maximum atomic E-state index is 10.8. The molecule has 0 bridgehead atoms. The normalized spacial score (nSPS) is 14.5. The summed E-state index contributed by atoms with van der Waals surface area (Å²) in [5.41, 5.74) is 0. The fourth-order valence-electron chi connectivity index (χ4n) is 1.34. The van der Waals surface area contributed by atoms with Crippen molar-refractivity contribution < 1.29 is 9.21 Å². The smallest absolute Gasteiger partial charge is 0.249 e. The van der Waals surface area contributed by atoms with Crippen molar-refractivity contribution in [1.82, 2.24) is 15.1 Å². The van der Waals surface area contributed by atoms with Gasteiger partial charge in [0, 0.05) is 26.8 Å². The molecule has 94 valence electrons. The SMILES string of the molecule is CCC1=NCC(=O)N1C.CCc1nnc(C)o1. The van der Waals surface area contributed by atoms with Gasteiger partial charge in [0.1, 0.15) is 12.4 Å². The quantitative estimate of drug-likeness (QED) is 0.776. The highest BCUT2D eigenvalue weighted by atomic mass is 16.4. The van der Waals surface area contributed by atoms with E-state index in [4.69, 9.17) is 4.42 Å². The third-order valence-corrected chi connectivity index (χ3v) is 2.34. The third-order valence-electron chi connectivity index (χ3n) is 2.34. The summed E-state index contributed by atoms with van der Waals surface area (Å²) in [4.78, 5) is 16.4. The van der Waals surface area contributed by atoms with Gasteiger partial charge in [-0.05, 0) is 0 Å². The average molecular weight is 238 g/mol. The largest absolute Gasteiger partial charge is 0.426 e. The number of rotatable bonds is 2. The van der Waals surface area contributed by atoms with E-state index in [-0.39, 0.29) is 5.91 Å². The van der Waals surface area contributed by atoms with E-state index >= 15 is 0 Å². The number of aliphatic imine (C=N–C) groups is 1. The number of carbonyl (C=O) groups excluding carboxylic acids is 1. The van der Waals surface area contributed by atoms with E-state index in [0.29, 0.717) is 18.3 Å². The first-order valence-corrected chi connectivity index (χ1v) is 5.67. The first-order chi connectivity index (χ1) is 8.08. The fourth-order valence-corrected chi connectivity index (χ4v) is 1.34. The van der Waals surface area contributed by atoms with E-state index in [2.05, 4.69) is 15.2 Å². The lowest BCUT2D eigenvalue weighted by atomic mass is 10.4. The molecule has 0 aromatic carbocycles. The second-order valence-corrected chi connectivity index (χ2v) is 3.61. The van der Waals surface area contributed by atoms with Crippen molar-refractivity contribution in [2.75, 3.05) is 13.6 Å². The molecule has 0 atom stereocenters. The van der Waals surface area contributed by atoms with Crippen molar-refractivity contribution in [3.63, 3.8) is 0 Å². The summed E-state index contributed by atoms with van der Waals surface area (Å²) in [5.74, 6) is 2.36. The van der Waals surface area contributed by atoms with Gasteiger partial charge in [-0.2, -0.15) is 0 Å². The molecule has 0 spiro atoms. The molecule has 0 radical (unpaired) electrons. The number of amides is 1. The highest BCUT2D eigenvalue weighted by Gasteiger charge is 2.18. The number of carbonyl (C=O) groups is 1. The first kappa shape index (κ1) is 13.3. The van der Waals surface area contributed by atoms with Gasteiger partial charge in [0.25, 0.3) is 0 Å². The van der Waals surface area contributed by atoms with E-state index in [1.807, 2.05) is 13.8 Å². The van der Waals surface area contributed by atoms with Crippen LogP contribution in [0.25, 0.3) is 0 Å². The highest BCUT2D eigenvalue weighted by Crippen LogP contribution is 2.01. The fraction of sp³-hybridized carbons (Fsp3) is 0.636. The van der Waals surface area contributed by atoms with Crippen LogP contribution in [0, 0.1) is 6.92 Å². The predicted octanol–water partition coefficient (Wildman–Crippen LogP) is 1.21. The van der Waals surface area contributed by atoms with Gasteiger partial charge in [0.2, 0.25) is 17.7 Å². The van der Waals surface area contributed by atoms with Crippen LogP contribution in [-0.2, 0) is 11.2 Å². The van der Waals surface area contributed by atoms with Gasteiger partial charge in [-0.25, -0.2) is 0 Å². The molecule has 1 aromatic heterocycles. The molecule has 1 amide bonds. The second-order valence-electron chi connectivity index (χ2n) is 3.61. The van der Waals surface area contributed by atoms with Crippen LogP contribution >= 0.6 is 0 Å². The molecule has 0 unspecified atom stereocenters. The molecule has 0 N–H and O–H groups in total. The van der Waals surface area contributed by atoms with E-state index in [0.717, 1.165) is 18.7 Å². The molecule has 17 heavy (non-hydrogen) atoms. The van der Waals surface area contributed by atoms with Crippen LogP contribution in [0.1, 0.15) is 32.0 Å². The van der Waals surface area contributed by atoms with Gasteiger partial charge in [0.15, 0.2) is 0 Å². The van der Waals surface area contributed by atoms with E-state index in [1.54, 1.807) is 18.9 Å². The van der Waals surface area contributed by atoms with Crippen LogP contribution in [0.15, 0.2) is 9.41 Å². The lowest BCUT2D eigenvalue weighted by Crippen LogP contribution is -2.27. The molecule has 0 fully saturated rings.